The molecular weight excluding hydrogens is 337 g/mol. The van der Waals surface area contributed by atoms with Crippen LogP contribution in [0.5, 0.6) is 0 Å². The summed E-state index contributed by atoms with van der Waals surface area (Å²) >= 11 is 0. The molecule has 0 radical (unpaired) electrons. The van der Waals surface area contributed by atoms with Crippen molar-refractivity contribution in [2.75, 3.05) is 13.1 Å². The zero-order chi connectivity index (χ0) is 18.0. The van der Waals surface area contributed by atoms with Gasteiger partial charge < -0.3 is 14.7 Å². The first kappa shape index (κ1) is 18.0. The van der Waals surface area contributed by atoms with E-state index in [2.05, 4.69) is 15.5 Å². The molecule has 9 heteroatoms. The molecule has 140 valence electrons. The van der Waals surface area contributed by atoms with Crippen molar-refractivity contribution in [2.24, 2.45) is 5.92 Å². The van der Waals surface area contributed by atoms with E-state index in [4.69, 9.17) is 4.52 Å². The van der Waals surface area contributed by atoms with Crippen LogP contribution in [0.25, 0.3) is 0 Å². The lowest BCUT2D eigenvalue weighted by Crippen LogP contribution is -2.49. The second kappa shape index (κ2) is 7.21. The number of amides is 2. The van der Waals surface area contributed by atoms with Crippen molar-refractivity contribution < 1.29 is 22.5 Å². The highest BCUT2D eigenvalue weighted by atomic mass is 19.4. The third kappa shape index (κ3) is 4.43. The number of piperidine rings is 1. The van der Waals surface area contributed by atoms with E-state index in [0.29, 0.717) is 37.6 Å². The molecule has 1 aromatic rings. The third-order valence-corrected chi connectivity index (χ3v) is 5.19. The fraction of sp³-hybridized carbons (Fsp3) is 0.812. The van der Waals surface area contributed by atoms with Gasteiger partial charge in [-0.15, -0.1) is 0 Å². The molecule has 0 spiro atoms. The number of rotatable bonds is 2. The fourth-order valence-electron chi connectivity index (χ4n) is 3.64. The van der Waals surface area contributed by atoms with Crippen LogP contribution >= 0.6 is 0 Å². The monoisotopic (exact) mass is 360 g/mol. The van der Waals surface area contributed by atoms with Gasteiger partial charge in [0.25, 0.3) is 0 Å². The lowest BCUT2D eigenvalue weighted by molar-refractivity contribution is -0.182. The highest BCUT2D eigenvalue weighted by Gasteiger charge is 2.41. The average molecular weight is 360 g/mol. The molecular formula is C16H23F3N4O2. The van der Waals surface area contributed by atoms with E-state index in [0.717, 1.165) is 12.8 Å². The van der Waals surface area contributed by atoms with Crippen LogP contribution in [0.3, 0.4) is 0 Å². The number of urea groups is 1. The molecule has 3 rings (SSSR count). The van der Waals surface area contributed by atoms with Crippen LogP contribution in [0.1, 0.15) is 56.2 Å². The Bertz CT molecular complexity index is 588. The summed E-state index contributed by atoms with van der Waals surface area (Å²) in [7, 11) is 0. The highest BCUT2D eigenvalue weighted by molar-refractivity contribution is 5.74. The summed E-state index contributed by atoms with van der Waals surface area (Å²) in [6.45, 7) is 2.93. The van der Waals surface area contributed by atoms with Crippen molar-refractivity contribution in [1.82, 2.24) is 20.4 Å². The molecule has 2 heterocycles. The molecule has 1 N–H and O–H groups in total. The number of hydrogen-bond acceptors (Lipinski definition) is 4. The fourth-order valence-corrected chi connectivity index (χ4v) is 3.64. The van der Waals surface area contributed by atoms with Gasteiger partial charge in [0.1, 0.15) is 0 Å². The van der Waals surface area contributed by atoms with Gasteiger partial charge in [-0.05, 0) is 45.4 Å². The maximum absolute atomic E-state index is 12.7. The van der Waals surface area contributed by atoms with Crippen LogP contribution in [0.15, 0.2) is 4.52 Å². The molecule has 1 aromatic heterocycles. The first-order valence-electron chi connectivity index (χ1n) is 8.75. The molecule has 1 saturated carbocycles. The number of hydrogen-bond donors (Lipinski definition) is 1. The molecule has 6 nitrogen and oxygen atoms in total. The predicted molar refractivity (Wildman–Crippen MR) is 82.9 cm³/mol. The summed E-state index contributed by atoms with van der Waals surface area (Å²) in [6, 6.07) is -0.349. The van der Waals surface area contributed by atoms with E-state index in [1.165, 1.54) is 0 Å². The van der Waals surface area contributed by atoms with E-state index < -0.39 is 12.1 Å². The molecule has 2 aliphatic rings. The lowest BCUT2D eigenvalue weighted by atomic mass is 9.85. The van der Waals surface area contributed by atoms with Crippen molar-refractivity contribution >= 4 is 6.03 Å². The van der Waals surface area contributed by atoms with Gasteiger partial charge in [-0.1, -0.05) is 5.16 Å². The first-order valence-corrected chi connectivity index (χ1v) is 8.75. The normalized spacial score (nSPS) is 25.8. The molecule has 2 fully saturated rings. The van der Waals surface area contributed by atoms with Gasteiger partial charge in [0, 0.05) is 25.0 Å². The molecule has 1 aliphatic carbocycles. The second-order valence-electron chi connectivity index (χ2n) is 6.98. The van der Waals surface area contributed by atoms with Gasteiger partial charge in [0.15, 0.2) is 5.82 Å². The number of likely N-dealkylation sites (tertiary alicyclic amines) is 1. The highest BCUT2D eigenvalue weighted by Crippen LogP contribution is 2.37. The summed E-state index contributed by atoms with van der Waals surface area (Å²) in [6.07, 6.45) is -1.68. The predicted octanol–water partition coefficient (Wildman–Crippen LogP) is 3.39. The van der Waals surface area contributed by atoms with Gasteiger partial charge in [0.05, 0.1) is 5.92 Å². The molecule has 0 atom stereocenters. The maximum atomic E-state index is 12.7. The van der Waals surface area contributed by atoms with Gasteiger partial charge in [-0.3, -0.25) is 0 Å². The van der Waals surface area contributed by atoms with Crippen molar-refractivity contribution in [3.8, 4) is 0 Å². The minimum atomic E-state index is -4.12. The molecule has 0 unspecified atom stereocenters. The number of aryl methyl sites for hydroxylation is 1. The van der Waals surface area contributed by atoms with E-state index in [-0.39, 0.29) is 30.8 Å². The van der Waals surface area contributed by atoms with Crippen LogP contribution < -0.4 is 5.32 Å². The van der Waals surface area contributed by atoms with E-state index in [1.807, 2.05) is 0 Å². The standard InChI is InChI=1S/C16H23F3N4O2/c1-10-20-14(25-22-10)11-6-8-23(9-7-11)15(24)21-13-4-2-12(3-5-13)16(17,18)19/h11-13H,2-9H2,1H3,(H,21,24). The topological polar surface area (TPSA) is 71.3 Å². The summed E-state index contributed by atoms with van der Waals surface area (Å²) in [5.74, 6) is 0.148. The minimum Gasteiger partial charge on any atom is -0.339 e. The Kier molecular flexibility index (Phi) is 5.19. The summed E-state index contributed by atoms with van der Waals surface area (Å²) < 4.78 is 43.2. The Labute approximate surface area is 144 Å². The third-order valence-electron chi connectivity index (χ3n) is 5.19. The molecule has 0 bridgehead atoms. The summed E-state index contributed by atoms with van der Waals surface area (Å²) in [5, 5.41) is 6.68. The first-order chi connectivity index (χ1) is 11.8. The quantitative estimate of drug-likeness (QED) is 0.878. The smallest absolute Gasteiger partial charge is 0.339 e. The Morgan fingerprint density at radius 3 is 2.32 bits per heavy atom. The zero-order valence-electron chi connectivity index (χ0n) is 14.2. The summed E-state index contributed by atoms with van der Waals surface area (Å²) in [4.78, 5) is 18.3. The number of nitrogens with one attached hydrogen (secondary N) is 1. The second-order valence-corrected chi connectivity index (χ2v) is 6.98. The molecule has 0 aromatic carbocycles. The average Bonchev–Trinajstić information content (AvgIpc) is 3.01. The Morgan fingerprint density at radius 1 is 1.16 bits per heavy atom. The van der Waals surface area contributed by atoms with Crippen LogP contribution in [0.4, 0.5) is 18.0 Å². The Balaban J connectivity index is 1.43. The van der Waals surface area contributed by atoms with Crippen LogP contribution in [0, 0.1) is 12.8 Å². The zero-order valence-corrected chi connectivity index (χ0v) is 14.2. The number of nitrogens with zero attached hydrogens (tertiary/aromatic N) is 3. The minimum absolute atomic E-state index is 0.0903. The van der Waals surface area contributed by atoms with Crippen molar-refractivity contribution in [1.29, 1.82) is 0 Å². The largest absolute Gasteiger partial charge is 0.391 e. The van der Waals surface area contributed by atoms with Gasteiger partial charge in [0.2, 0.25) is 5.89 Å². The molecule has 25 heavy (non-hydrogen) atoms. The van der Waals surface area contributed by atoms with E-state index in [9.17, 15) is 18.0 Å². The van der Waals surface area contributed by atoms with Crippen molar-refractivity contribution in [2.45, 2.75) is 63.6 Å². The van der Waals surface area contributed by atoms with E-state index in [1.54, 1.807) is 11.8 Å². The van der Waals surface area contributed by atoms with Gasteiger partial charge >= 0.3 is 12.2 Å². The maximum Gasteiger partial charge on any atom is 0.391 e. The van der Waals surface area contributed by atoms with Gasteiger partial charge in [-0.2, -0.15) is 18.2 Å². The summed E-state index contributed by atoms with van der Waals surface area (Å²) in [5.41, 5.74) is 0. The van der Waals surface area contributed by atoms with Crippen LogP contribution in [0.2, 0.25) is 0 Å². The van der Waals surface area contributed by atoms with Crippen LogP contribution in [-0.2, 0) is 0 Å². The van der Waals surface area contributed by atoms with Gasteiger partial charge in [-0.25, -0.2) is 4.79 Å². The number of halogens is 3. The van der Waals surface area contributed by atoms with Crippen LogP contribution in [-0.4, -0.2) is 46.4 Å². The van der Waals surface area contributed by atoms with Crippen molar-refractivity contribution in [3.05, 3.63) is 11.7 Å². The number of carbonyl (C=O) groups is 1. The van der Waals surface area contributed by atoms with Crippen molar-refractivity contribution in [3.63, 3.8) is 0 Å². The number of aromatic nitrogens is 2. The molecule has 1 aliphatic heterocycles. The van der Waals surface area contributed by atoms with E-state index >= 15 is 0 Å². The Hall–Kier alpha value is -1.80. The number of carbonyl (C=O) groups excluding carboxylic acids is 1. The Morgan fingerprint density at radius 2 is 1.80 bits per heavy atom. The SMILES string of the molecule is Cc1noc(C2CCN(C(=O)NC3CCC(C(F)(F)F)CC3)CC2)n1. The lowest BCUT2D eigenvalue weighted by Gasteiger charge is -2.34. The molecule has 2 amide bonds. The molecule has 1 saturated heterocycles. The number of alkyl halides is 3.